The number of guanidine groups is 1. The highest BCUT2D eigenvalue weighted by Gasteiger charge is 2.33. The minimum Gasteiger partial charge on any atom is -0.352 e. The van der Waals surface area contributed by atoms with Crippen molar-refractivity contribution >= 4 is 41.3 Å². The van der Waals surface area contributed by atoms with Crippen LogP contribution in [0.5, 0.6) is 0 Å². The monoisotopic (exact) mass is 470 g/mol. The predicted molar refractivity (Wildman–Crippen MR) is 101 cm³/mol. The predicted octanol–water partition coefficient (Wildman–Crippen LogP) is 3.95. The molecule has 0 unspecified atom stereocenters. The zero-order valence-electron chi connectivity index (χ0n) is 13.1. The van der Waals surface area contributed by atoms with Crippen molar-refractivity contribution in [2.24, 2.45) is 4.99 Å². The Kier molecular flexibility index (Phi) is 7.94. The van der Waals surface area contributed by atoms with Crippen LogP contribution in [0.3, 0.4) is 0 Å². The lowest BCUT2D eigenvalue weighted by molar-refractivity contribution is -0.140. The number of rotatable bonds is 4. The first-order valence-corrected chi connectivity index (χ1v) is 7.78. The fourth-order valence-electron chi connectivity index (χ4n) is 1.91. The molecule has 0 aliphatic rings. The van der Waals surface area contributed by atoms with Crippen LogP contribution < -0.4 is 10.6 Å². The molecule has 2 aromatic rings. The van der Waals surface area contributed by atoms with Crippen molar-refractivity contribution in [3.8, 4) is 0 Å². The Labute approximate surface area is 159 Å². The van der Waals surface area contributed by atoms with Crippen molar-refractivity contribution in [1.29, 1.82) is 0 Å². The molecule has 132 valence electrons. The molecule has 1 aromatic carbocycles. The molecule has 2 N–H and O–H groups in total. The van der Waals surface area contributed by atoms with E-state index in [4.69, 9.17) is 0 Å². The molecule has 0 amide bonds. The molecule has 0 radical (unpaired) electrons. The lowest BCUT2D eigenvalue weighted by Crippen LogP contribution is -2.36. The minimum atomic E-state index is -4.40. The van der Waals surface area contributed by atoms with Crippen LogP contribution in [0.2, 0.25) is 0 Å². The van der Waals surface area contributed by atoms with E-state index in [9.17, 15) is 13.2 Å². The van der Waals surface area contributed by atoms with Gasteiger partial charge in [0, 0.05) is 19.0 Å². The Hall–Kier alpha value is -1.36. The summed E-state index contributed by atoms with van der Waals surface area (Å²) in [7, 11) is 1.61. The number of nitrogens with one attached hydrogen (secondary N) is 2. The number of aryl methyl sites for hydroxylation is 1. The second-order valence-corrected chi connectivity index (χ2v) is 5.84. The van der Waals surface area contributed by atoms with Crippen LogP contribution in [0.4, 0.5) is 13.2 Å². The Morgan fingerprint density at radius 1 is 1.25 bits per heavy atom. The molecule has 2 rings (SSSR count). The van der Waals surface area contributed by atoms with E-state index in [1.165, 1.54) is 0 Å². The Balaban J connectivity index is 0.00000288. The highest BCUT2D eigenvalue weighted by Crippen LogP contribution is 2.29. The van der Waals surface area contributed by atoms with Gasteiger partial charge < -0.3 is 10.6 Å². The highest BCUT2D eigenvalue weighted by atomic mass is 127. The summed E-state index contributed by atoms with van der Waals surface area (Å²) in [6.07, 6.45) is -4.40. The summed E-state index contributed by atoms with van der Waals surface area (Å²) in [6.45, 7) is 2.78. The second-order valence-electron chi connectivity index (χ2n) is 4.89. The molecule has 0 saturated carbocycles. The SMILES string of the molecule is CN=C(NCc1cccc(C)c1)NCc1nc(C(F)(F)F)cs1.I. The topological polar surface area (TPSA) is 49.3 Å². The average molecular weight is 470 g/mol. The minimum absolute atomic E-state index is 0. The van der Waals surface area contributed by atoms with Crippen molar-refractivity contribution in [2.45, 2.75) is 26.2 Å². The van der Waals surface area contributed by atoms with Crippen molar-refractivity contribution in [3.05, 3.63) is 51.5 Å². The zero-order valence-corrected chi connectivity index (χ0v) is 16.3. The standard InChI is InChI=1S/C15H17F3N4S.HI/c1-10-4-3-5-11(6-10)7-20-14(19-2)21-8-13-22-12(9-23-13)15(16,17)18;/h3-6,9H,7-8H2,1-2H3,(H2,19,20,21);1H. The van der Waals surface area contributed by atoms with Crippen molar-refractivity contribution in [3.63, 3.8) is 0 Å². The molecule has 1 heterocycles. The first-order chi connectivity index (χ1) is 10.9. The van der Waals surface area contributed by atoms with E-state index < -0.39 is 11.9 Å². The van der Waals surface area contributed by atoms with E-state index in [1.54, 1.807) is 7.05 Å². The van der Waals surface area contributed by atoms with Crippen LogP contribution in [0.1, 0.15) is 21.8 Å². The largest absolute Gasteiger partial charge is 0.434 e. The number of thiazole rings is 1. The summed E-state index contributed by atoms with van der Waals surface area (Å²) in [5.41, 5.74) is 1.40. The van der Waals surface area contributed by atoms with Gasteiger partial charge in [-0.2, -0.15) is 13.2 Å². The normalized spacial score (nSPS) is 11.8. The molecule has 0 spiro atoms. The van der Waals surface area contributed by atoms with Gasteiger partial charge in [-0.1, -0.05) is 29.8 Å². The van der Waals surface area contributed by atoms with Gasteiger partial charge in [-0.15, -0.1) is 35.3 Å². The fourth-order valence-corrected chi connectivity index (χ4v) is 2.65. The number of hydrogen-bond acceptors (Lipinski definition) is 3. The maximum Gasteiger partial charge on any atom is 0.434 e. The van der Waals surface area contributed by atoms with E-state index in [-0.39, 0.29) is 30.5 Å². The number of benzene rings is 1. The second kappa shape index (κ2) is 9.21. The molecule has 0 atom stereocenters. The van der Waals surface area contributed by atoms with E-state index in [2.05, 4.69) is 26.7 Å². The van der Waals surface area contributed by atoms with Gasteiger partial charge in [0.1, 0.15) is 5.01 Å². The zero-order chi connectivity index (χ0) is 16.9. The van der Waals surface area contributed by atoms with Gasteiger partial charge >= 0.3 is 6.18 Å². The summed E-state index contributed by atoms with van der Waals surface area (Å²) < 4.78 is 37.5. The molecular formula is C15H18F3IN4S. The van der Waals surface area contributed by atoms with Gasteiger partial charge in [0.15, 0.2) is 11.7 Å². The number of aliphatic imine (C=N–C) groups is 1. The molecule has 9 heteroatoms. The quantitative estimate of drug-likeness (QED) is 0.404. The van der Waals surface area contributed by atoms with Crippen LogP contribution in [0.15, 0.2) is 34.6 Å². The van der Waals surface area contributed by atoms with Crippen molar-refractivity contribution < 1.29 is 13.2 Å². The third-order valence-electron chi connectivity index (χ3n) is 3.02. The van der Waals surface area contributed by atoms with Crippen LogP contribution in [0.25, 0.3) is 0 Å². The number of alkyl halides is 3. The smallest absolute Gasteiger partial charge is 0.352 e. The third-order valence-corrected chi connectivity index (χ3v) is 3.86. The number of halogens is 4. The molecule has 1 aromatic heterocycles. The van der Waals surface area contributed by atoms with Gasteiger partial charge in [-0.25, -0.2) is 4.98 Å². The summed E-state index contributed by atoms with van der Waals surface area (Å²) in [4.78, 5) is 7.61. The maximum atomic E-state index is 12.5. The van der Waals surface area contributed by atoms with E-state index in [0.29, 0.717) is 17.5 Å². The van der Waals surface area contributed by atoms with E-state index in [0.717, 1.165) is 27.8 Å². The molecular weight excluding hydrogens is 452 g/mol. The first-order valence-electron chi connectivity index (χ1n) is 6.90. The first kappa shape index (κ1) is 20.7. The molecule has 0 saturated heterocycles. The molecule has 24 heavy (non-hydrogen) atoms. The third kappa shape index (κ3) is 6.27. The Morgan fingerprint density at radius 3 is 2.54 bits per heavy atom. The molecule has 0 aliphatic heterocycles. The fraction of sp³-hybridized carbons (Fsp3) is 0.333. The van der Waals surface area contributed by atoms with Gasteiger partial charge in [-0.05, 0) is 12.5 Å². The average Bonchev–Trinajstić information content (AvgIpc) is 2.96. The maximum absolute atomic E-state index is 12.5. The summed E-state index contributed by atoms with van der Waals surface area (Å²) >= 11 is 0.969. The Morgan fingerprint density at radius 2 is 1.96 bits per heavy atom. The van der Waals surface area contributed by atoms with Gasteiger partial charge in [0.05, 0.1) is 6.54 Å². The number of nitrogens with zero attached hydrogens (tertiary/aromatic N) is 2. The summed E-state index contributed by atoms with van der Waals surface area (Å²) in [6, 6.07) is 8.02. The van der Waals surface area contributed by atoms with Crippen LogP contribution in [-0.4, -0.2) is 18.0 Å². The van der Waals surface area contributed by atoms with Gasteiger partial charge in [-0.3, -0.25) is 4.99 Å². The van der Waals surface area contributed by atoms with E-state index >= 15 is 0 Å². The summed E-state index contributed by atoms with van der Waals surface area (Å²) in [5.74, 6) is 0.510. The highest BCUT2D eigenvalue weighted by molar-refractivity contribution is 14.0. The number of hydrogen-bond donors (Lipinski definition) is 2. The van der Waals surface area contributed by atoms with E-state index in [1.807, 2.05) is 25.1 Å². The lowest BCUT2D eigenvalue weighted by Gasteiger charge is -2.11. The van der Waals surface area contributed by atoms with Crippen LogP contribution >= 0.6 is 35.3 Å². The molecule has 0 aliphatic carbocycles. The lowest BCUT2D eigenvalue weighted by atomic mass is 10.1. The number of aromatic nitrogens is 1. The molecule has 0 bridgehead atoms. The Bertz CT molecular complexity index is 685. The van der Waals surface area contributed by atoms with Gasteiger partial charge in [0.2, 0.25) is 0 Å². The van der Waals surface area contributed by atoms with Crippen molar-refractivity contribution in [1.82, 2.24) is 15.6 Å². The van der Waals surface area contributed by atoms with Crippen LogP contribution in [0, 0.1) is 6.92 Å². The summed E-state index contributed by atoms with van der Waals surface area (Å²) in [5, 5.41) is 7.44. The molecule has 4 nitrogen and oxygen atoms in total. The van der Waals surface area contributed by atoms with Crippen LogP contribution in [-0.2, 0) is 19.3 Å². The van der Waals surface area contributed by atoms with Crippen molar-refractivity contribution in [2.75, 3.05) is 7.05 Å². The molecule has 0 fully saturated rings. The van der Waals surface area contributed by atoms with Gasteiger partial charge in [0.25, 0.3) is 0 Å².